The van der Waals surface area contributed by atoms with Crippen LogP contribution in [-0.2, 0) is 16.0 Å². The first-order valence-electron chi connectivity index (χ1n) is 10.6. The number of amides is 1. The lowest BCUT2D eigenvalue weighted by atomic mass is 9.92. The SMILES string of the molecule is CC(C)(C)OC(=O)N1CCC(CCCCOc2ccc(CCC(=O)O)cc2)CC1. The Hall–Kier alpha value is -2.24. The van der Waals surface area contributed by atoms with Gasteiger partial charge in [-0.2, -0.15) is 0 Å². The van der Waals surface area contributed by atoms with Crippen molar-refractivity contribution in [3.63, 3.8) is 0 Å². The second-order valence-corrected chi connectivity index (χ2v) is 8.79. The molecule has 0 unspecified atom stereocenters. The van der Waals surface area contributed by atoms with Crippen LogP contribution in [0.5, 0.6) is 5.75 Å². The van der Waals surface area contributed by atoms with E-state index in [9.17, 15) is 9.59 Å². The zero-order valence-electron chi connectivity index (χ0n) is 18.0. The minimum absolute atomic E-state index is 0.150. The van der Waals surface area contributed by atoms with Crippen LogP contribution in [0.3, 0.4) is 0 Å². The van der Waals surface area contributed by atoms with Gasteiger partial charge in [-0.1, -0.05) is 18.6 Å². The van der Waals surface area contributed by atoms with E-state index in [1.165, 1.54) is 6.42 Å². The van der Waals surface area contributed by atoms with Gasteiger partial charge in [-0.25, -0.2) is 4.79 Å². The summed E-state index contributed by atoms with van der Waals surface area (Å²) >= 11 is 0. The maximum Gasteiger partial charge on any atom is 0.410 e. The van der Waals surface area contributed by atoms with Gasteiger partial charge >= 0.3 is 12.1 Å². The molecular weight excluding hydrogens is 370 g/mol. The Kier molecular flexibility index (Phi) is 8.80. The van der Waals surface area contributed by atoms with Gasteiger partial charge in [-0.3, -0.25) is 4.79 Å². The highest BCUT2D eigenvalue weighted by atomic mass is 16.6. The molecule has 0 atom stereocenters. The highest BCUT2D eigenvalue weighted by Gasteiger charge is 2.26. The summed E-state index contributed by atoms with van der Waals surface area (Å²) in [5.41, 5.74) is 0.574. The molecule has 1 aliphatic rings. The van der Waals surface area contributed by atoms with Gasteiger partial charge in [-0.05, 0) is 76.5 Å². The maximum absolute atomic E-state index is 12.1. The van der Waals surface area contributed by atoms with Crippen molar-refractivity contribution in [2.75, 3.05) is 19.7 Å². The average Bonchev–Trinajstić information content (AvgIpc) is 2.66. The molecule has 162 valence electrons. The fourth-order valence-electron chi connectivity index (χ4n) is 3.46. The van der Waals surface area contributed by atoms with E-state index in [0.29, 0.717) is 18.9 Å². The maximum atomic E-state index is 12.1. The predicted molar refractivity (Wildman–Crippen MR) is 112 cm³/mol. The lowest BCUT2D eigenvalue weighted by Crippen LogP contribution is -2.41. The highest BCUT2D eigenvalue weighted by Crippen LogP contribution is 2.24. The molecule has 1 aromatic carbocycles. The molecule has 2 rings (SSSR count). The smallest absolute Gasteiger partial charge is 0.410 e. The van der Waals surface area contributed by atoms with E-state index >= 15 is 0 Å². The predicted octanol–water partition coefficient (Wildman–Crippen LogP) is 4.90. The first kappa shape index (κ1) is 23.0. The number of carboxylic acids is 1. The Morgan fingerprint density at radius 3 is 2.34 bits per heavy atom. The quantitative estimate of drug-likeness (QED) is 0.591. The normalized spacial score (nSPS) is 15.2. The van der Waals surface area contributed by atoms with Crippen LogP contribution >= 0.6 is 0 Å². The second-order valence-electron chi connectivity index (χ2n) is 8.79. The number of piperidine rings is 1. The molecule has 1 aliphatic heterocycles. The summed E-state index contributed by atoms with van der Waals surface area (Å²) in [7, 11) is 0. The molecule has 0 saturated carbocycles. The monoisotopic (exact) mass is 405 g/mol. The fourth-order valence-corrected chi connectivity index (χ4v) is 3.46. The molecule has 29 heavy (non-hydrogen) atoms. The van der Waals surface area contributed by atoms with Crippen molar-refractivity contribution in [1.82, 2.24) is 4.90 Å². The van der Waals surface area contributed by atoms with Crippen molar-refractivity contribution in [3.05, 3.63) is 29.8 Å². The van der Waals surface area contributed by atoms with Crippen LogP contribution in [0.1, 0.15) is 64.9 Å². The van der Waals surface area contributed by atoms with Gasteiger partial charge in [0.05, 0.1) is 6.61 Å². The summed E-state index contributed by atoms with van der Waals surface area (Å²) in [6, 6.07) is 7.67. The third-order valence-corrected chi connectivity index (χ3v) is 5.09. The number of hydrogen-bond acceptors (Lipinski definition) is 4. The number of aliphatic carboxylic acids is 1. The molecule has 0 radical (unpaired) electrons. The number of aryl methyl sites for hydroxylation is 1. The van der Waals surface area contributed by atoms with Crippen molar-refractivity contribution in [2.45, 2.75) is 71.3 Å². The van der Waals surface area contributed by atoms with Crippen molar-refractivity contribution >= 4 is 12.1 Å². The molecular formula is C23H35NO5. The van der Waals surface area contributed by atoms with Gasteiger partial charge < -0.3 is 19.5 Å². The van der Waals surface area contributed by atoms with Crippen LogP contribution in [0.15, 0.2) is 24.3 Å². The lowest BCUT2D eigenvalue weighted by Gasteiger charge is -2.33. The summed E-state index contributed by atoms with van der Waals surface area (Å²) < 4.78 is 11.2. The van der Waals surface area contributed by atoms with E-state index in [1.807, 2.05) is 49.9 Å². The summed E-state index contributed by atoms with van der Waals surface area (Å²) in [4.78, 5) is 24.5. The van der Waals surface area contributed by atoms with Gasteiger partial charge in [0.1, 0.15) is 11.4 Å². The molecule has 6 heteroatoms. The van der Waals surface area contributed by atoms with Crippen LogP contribution in [0.2, 0.25) is 0 Å². The Morgan fingerprint density at radius 1 is 1.10 bits per heavy atom. The zero-order chi connectivity index (χ0) is 21.3. The molecule has 1 heterocycles. The number of benzene rings is 1. The number of ether oxygens (including phenoxy) is 2. The van der Waals surface area contributed by atoms with Gasteiger partial charge in [-0.15, -0.1) is 0 Å². The number of carbonyl (C=O) groups excluding carboxylic acids is 1. The molecule has 1 amide bonds. The third kappa shape index (κ3) is 9.20. The van der Waals surface area contributed by atoms with E-state index in [2.05, 4.69) is 0 Å². The van der Waals surface area contributed by atoms with Crippen LogP contribution in [0, 0.1) is 5.92 Å². The van der Waals surface area contributed by atoms with Crippen molar-refractivity contribution in [3.8, 4) is 5.75 Å². The Bertz CT molecular complexity index is 642. The Labute approximate surface area is 174 Å². The highest BCUT2D eigenvalue weighted by molar-refractivity contribution is 5.68. The molecule has 0 aromatic heterocycles. The molecule has 1 saturated heterocycles. The molecule has 0 spiro atoms. The largest absolute Gasteiger partial charge is 0.494 e. The first-order valence-corrected chi connectivity index (χ1v) is 10.6. The molecule has 1 fully saturated rings. The number of hydrogen-bond donors (Lipinski definition) is 1. The van der Waals surface area contributed by atoms with Crippen molar-refractivity contribution in [1.29, 1.82) is 0 Å². The molecule has 1 aromatic rings. The van der Waals surface area contributed by atoms with Crippen molar-refractivity contribution < 1.29 is 24.2 Å². The minimum atomic E-state index is -0.777. The second kappa shape index (κ2) is 11.1. The molecule has 0 bridgehead atoms. The Balaban J connectivity index is 1.56. The van der Waals surface area contributed by atoms with E-state index in [0.717, 1.165) is 50.1 Å². The summed E-state index contributed by atoms with van der Waals surface area (Å²) in [6.45, 7) is 7.94. The van der Waals surface area contributed by atoms with E-state index in [-0.39, 0.29) is 12.5 Å². The van der Waals surface area contributed by atoms with E-state index in [1.54, 1.807) is 0 Å². The number of likely N-dealkylation sites (tertiary alicyclic amines) is 1. The summed E-state index contributed by atoms with van der Waals surface area (Å²) in [5.74, 6) is 0.720. The van der Waals surface area contributed by atoms with E-state index in [4.69, 9.17) is 14.6 Å². The third-order valence-electron chi connectivity index (χ3n) is 5.09. The zero-order valence-corrected chi connectivity index (χ0v) is 18.0. The number of nitrogens with zero attached hydrogens (tertiary/aromatic N) is 1. The topological polar surface area (TPSA) is 76.1 Å². The average molecular weight is 406 g/mol. The Morgan fingerprint density at radius 2 is 1.76 bits per heavy atom. The number of carboxylic acid groups (broad SMARTS) is 1. The van der Waals surface area contributed by atoms with Gasteiger partial charge in [0.15, 0.2) is 0 Å². The standard InChI is InChI=1S/C23H35NO5/c1-23(2,3)29-22(27)24-15-13-18(14-16-24)6-4-5-17-28-20-10-7-19(8-11-20)9-12-21(25)26/h7-8,10-11,18H,4-6,9,12-17H2,1-3H3,(H,25,26). The molecule has 1 N–H and O–H groups in total. The fraction of sp³-hybridized carbons (Fsp3) is 0.652. The van der Waals surface area contributed by atoms with Crippen molar-refractivity contribution in [2.24, 2.45) is 5.92 Å². The van der Waals surface area contributed by atoms with Gasteiger partial charge in [0, 0.05) is 19.5 Å². The van der Waals surface area contributed by atoms with Crippen LogP contribution in [-0.4, -0.2) is 47.4 Å². The summed E-state index contributed by atoms with van der Waals surface area (Å²) in [5, 5.41) is 8.72. The van der Waals surface area contributed by atoms with Gasteiger partial charge in [0.2, 0.25) is 0 Å². The molecule has 6 nitrogen and oxygen atoms in total. The lowest BCUT2D eigenvalue weighted by molar-refractivity contribution is -0.136. The number of unbranched alkanes of at least 4 members (excludes halogenated alkanes) is 1. The molecule has 0 aliphatic carbocycles. The summed E-state index contributed by atoms with van der Waals surface area (Å²) in [6.07, 6.45) is 5.87. The number of carbonyl (C=O) groups is 2. The number of rotatable bonds is 9. The van der Waals surface area contributed by atoms with Gasteiger partial charge in [0.25, 0.3) is 0 Å². The van der Waals surface area contributed by atoms with Crippen LogP contribution in [0.25, 0.3) is 0 Å². The van der Waals surface area contributed by atoms with Crippen LogP contribution in [0.4, 0.5) is 4.79 Å². The minimum Gasteiger partial charge on any atom is -0.494 e. The first-order chi connectivity index (χ1) is 13.7. The van der Waals surface area contributed by atoms with E-state index < -0.39 is 11.6 Å². The van der Waals surface area contributed by atoms with Crippen LogP contribution < -0.4 is 4.74 Å².